The van der Waals surface area contributed by atoms with Gasteiger partial charge in [0.15, 0.2) is 0 Å². The van der Waals surface area contributed by atoms with E-state index < -0.39 is 0 Å². The van der Waals surface area contributed by atoms with Crippen molar-refractivity contribution < 1.29 is 5.11 Å². The van der Waals surface area contributed by atoms with Crippen LogP contribution in [0.25, 0.3) is 0 Å². The minimum absolute atomic E-state index is 0.271. The summed E-state index contributed by atoms with van der Waals surface area (Å²) < 4.78 is 0. The predicted molar refractivity (Wildman–Crippen MR) is 76.1 cm³/mol. The first-order chi connectivity index (χ1) is 8.59. The quantitative estimate of drug-likeness (QED) is 0.895. The number of hydrogen-bond acceptors (Lipinski definition) is 2. The normalized spacial score (nSPS) is 28.3. The van der Waals surface area contributed by atoms with Crippen LogP contribution in [0.15, 0.2) is 18.2 Å². The first-order valence-electron chi connectivity index (χ1n) is 6.40. The van der Waals surface area contributed by atoms with E-state index in [9.17, 15) is 5.11 Å². The largest absolute Gasteiger partial charge is 0.392 e. The highest BCUT2D eigenvalue weighted by molar-refractivity contribution is 6.36. The number of rotatable bonds is 3. The van der Waals surface area contributed by atoms with Gasteiger partial charge in [0.1, 0.15) is 0 Å². The van der Waals surface area contributed by atoms with Crippen molar-refractivity contribution in [3.05, 3.63) is 33.8 Å². The lowest BCUT2D eigenvalue weighted by atomic mass is 9.68. The fourth-order valence-electron chi connectivity index (χ4n) is 2.86. The van der Waals surface area contributed by atoms with Crippen molar-refractivity contribution in [1.82, 2.24) is 0 Å². The predicted octanol–water partition coefficient (Wildman–Crippen LogP) is 3.42. The van der Waals surface area contributed by atoms with Gasteiger partial charge >= 0.3 is 0 Å². The van der Waals surface area contributed by atoms with Crippen molar-refractivity contribution >= 4 is 23.2 Å². The van der Waals surface area contributed by atoms with Crippen LogP contribution < -0.4 is 5.73 Å². The fourth-order valence-corrected chi connectivity index (χ4v) is 3.39. The van der Waals surface area contributed by atoms with E-state index in [4.69, 9.17) is 28.9 Å². The average Bonchev–Trinajstić information content (AvgIpc) is 2.36. The Balaban J connectivity index is 2.30. The maximum absolute atomic E-state index is 10.3. The highest BCUT2D eigenvalue weighted by Crippen LogP contribution is 2.41. The highest BCUT2D eigenvalue weighted by Gasteiger charge is 2.39. The zero-order valence-corrected chi connectivity index (χ0v) is 11.8. The van der Waals surface area contributed by atoms with Crippen molar-refractivity contribution in [1.29, 1.82) is 0 Å². The van der Waals surface area contributed by atoms with Crippen LogP contribution in [0.4, 0.5) is 0 Å². The Morgan fingerprint density at radius 3 is 2.50 bits per heavy atom. The third-order valence-electron chi connectivity index (χ3n) is 4.11. The summed E-state index contributed by atoms with van der Waals surface area (Å²) in [5, 5.41) is 11.6. The smallest absolute Gasteiger partial charge is 0.0611 e. The molecule has 18 heavy (non-hydrogen) atoms. The molecule has 1 fully saturated rings. The van der Waals surface area contributed by atoms with Crippen molar-refractivity contribution in [2.45, 2.75) is 38.2 Å². The molecule has 2 atom stereocenters. The Kier molecular flexibility index (Phi) is 4.54. The molecule has 0 saturated heterocycles. The fraction of sp³-hybridized carbons (Fsp3) is 0.571. The van der Waals surface area contributed by atoms with Gasteiger partial charge in [0, 0.05) is 22.0 Å². The maximum atomic E-state index is 10.3. The molecule has 0 radical (unpaired) electrons. The molecule has 1 aliphatic rings. The molecule has 1 aromatic carbocycles. The van der Waals surface area contributed by atoms with Gasteiger partial charge in [0.2, 0.25) is 0 Å². The number of benzene rings is 1. The van der Waals surface area contributed by atoms with Crippen LogP contribution in [0.5, 0.6) is 0 Å². The van der Waals surface area contributed by atoms with E-state index in [2.05, 4.69) is 0 Å². The van der Waals surface area contributed by atoms with Gasteiger partial charge in [-0.1, -0.05) is 42.1 Å². The van der Waals surface area contributed by atoms with Crippen LogP contribution in [0, 0.1) is 5.41 Å². The number of hydrogen-bond donors (Lipinski definition) is 2. The summed E-state index contributed by atoms with van der Waals surface area (Å²) in [6, 6.07) is 5.50. The Bertz CT molecular complexity index is 404. The molecular formula is C14H19Cl2NO. The second kappa shape index (κ2) is 5.79. The molecule has 0 spiro atoms. The molecule has 1 aromatic rings. The van der Waals surface area contributed by atoms with Gasteiger partial charge in [-0.15, -0.1) is 0 Å². The summed E-state index contributed by atoms with van der Waals surface area (Å²) >= 11 is 12.4. The van der Waals surface area contributed by atoms with E-state index in [1.807, 2.05) is 18.2 Å². The lowest BCUT2D eigenvalue weighted by molar-refractivity contribution is -0.00581. The third kappa shape index (κ3) is 2.67. The first kappa shape index (κ1) is 14.1. The monoisotopic (exact) mass is 287 g/mol. The lowest BCUT2D eigenvalue weighted by Crippen LogP contribution is -2.45. The van der Waals surface area contributed by atoms with Gasteiger partial charge in [-0.25, -0.2) is 0 Å². The molecule has 2 nitrogen and oxygen atoms in total. The number of aliphatic hydroxyl groups is 1. The average molecular weight is 288 g/mol. The van der Waals surface area contributed by atoms with Crippen molar-refractivity contribution in [2.24, 2.45) is 11.1 Å². The van der Waals surface area contributed by atoms with E-state index in [1.165, 1.54) is 0 Å². The molecule has 100 valence electrons. The van der Waals surface area contributed by atoms with Gasteiger partial charge in [-0.3, -0.25) is 0 Å². The van der Waals surface area contributed by atoms with Crippen LogP contribution in [0.1, 0.15) is 31.2 Å². The standard InChI is InChI=1S/C14H19Cl2NO/c15-11-4-3-5-12(16)10(11)8-14(9-17)7-2-1-6-13(14)18/h3-5,13,18H,1-2,6-9,17H2. The zero-order chi connectivity index (χ0) is 13.2. The van der Waals surface area contributed by atoms with Crippen LogP contribution in [0.3, 0.4) is 0 Å². The minimum atomic E-state index is -0.358. The summed E-state index contributed by atoms with van der Waals surface area (Å²) in [5.74, 6) is 0. The van der Waals surface area contributed by atoms with E-state index in [-0.39, 0.29) is 11.5 Å². The minimum Gasteiger partial charge on any atom is -0.392 e. The molecule has 0 amide bonds. The van der Waals surface area contributed by atoms with Gasteiger partial charge < -0.3 is 10.8 Å². The van der Waals surface area contributed by atoms with Crippen LogP contribution >= 0.6 is 23.2 Å². The van der Waals surface area contributed by atoms with Gasteiger partial charge in [-0.2, -0.15) is 0 Å². The Morgan fingerprint density at radius 1 is 1.28 bits per heavy atom. The van der Waals surface area contributed by atoms with Crippen LogP contribution in [-0.4, -0.2) is 17.8 Å². The van der Waals surface area contributed by atoms with E-state index >= 15 is 0 Å². The SMILES string of the molecule is NCC1(Cc2c(Cl)cccc2Cl)CCCCC1O. The van der Waals surface area contributed by atoms with Gasteiger partial charge in [0.05, 0.1) is 6.10 Å². The molecule has 0 aromatic heterocycles. The summed E-state index contributed by atoms with van der Waals surface area (Å²) in [4.78, 5) is 0. The molecule has 1 saturated carbocycles. The summed E-state index contributed by atoms with van der Waals surface area (Å²) in [7, 11) is 0. The second-order valence-corrected chi connectivity index (χ2v) is 6.02. The molecule has 0 bridgehead atoms. The molecule has 0 aliphatic heterocycles. The molecule has 1 aliphatic carbocycles. The Morgan fingerprint density at radius 2 is 1.94 bits per heavy atom. The third-order valence-corrected chi connectivity index (χ3v) is 4.81. The van der Waals surface area contributed by atoms with Crippen LogP contribution in [-0.2, 0) is 6.42 Å². The molecular weight excluding hydrogens is 269 g/mol. The molecule has 2 rings (SSSR count). The van der Waals surface area contributed by atoms with Crippen molar-refractivity contribution in [3.8, 4) is 0 Å². The molecule has 3 N–H and O–H groups in total. The van der Waals surface area contributed by atoms with E-state index in [1.54, 1.807) is 0 Å². The van der Waals surface area contributed by atoms with E-state index in [0.29, 0.717) is 23.0 Å². The number of aliphatic hydroxyl groups excluding tert-OH is 1. The number of nitrogens with two attached hydrogens (primary N) is 1. The van der Waals surface area contributed by atoms with Crippen molar-refractivity contribution in [2.75, 3.05) is 6.54 Å². The molecule has 2 unspecified atom stereocenters. The maximum Gasteiger partial charge on any atom is 0.0611 e. The topological polar surface area (TPSA) is 46.2 Å². The number of halogens is 2. The first-order valence-corrected chi connectivity index (χ1v) is 7.16. The summed E-state index contributed by atoms with van der Waals surface area (Å²) in [5.41, 5.74) is 6.57. The lowest BCUT2D eigenvalue weighted by Gasteiger charge is -2.41. The Labute approximate surface area is 118 Å². The van der Waals surface area contributed by atoms with Gasteiger partial charge in [0.25, 0.3) is 0 Å². The molecule has 0 heterocycles. The van der Waals surface area contributed by atoms with Crippen LogP contribution in [0.2, 0.25) is 10.0 Å². The van der Waals surface area contributed by atoms with Gasteiger partial charge in [-0.05, 0) is 37.0 Å². The highest BCUT2D eigenvalue weighted by atomic mass is 35.5. The summed E-state index contributed by atoms with van der Waals surface area (Å²) in [6.45, 7) is 0.468. The van der Waals surface area contributed by atoms with E-state index in [0.717, 1.165) is 31.2 Å². The van der Waals surface area contributed by atoms with Crippen molar-refractivity contribution in [3.63, 3.8) is 0 Å². The second-order valence-electron chi connectivity index (χ2n) is 5.21. The molecule has 4 heteroatoms. The zero-order valence-electron chi connectivity index (χ0n) is 10.3. The Hall–Kier alpha value is -0.280. The summed E-state index contributed by atoms with van der Waals surface area (Å²) in [6.07, 6.45) is 4.23.